The van der Waals surface area contributed by atoms with E-state index in [-0.39, 0.29) is 17.1 Å². The van der Waals surface area contributed by atoms with Crippen LogP contribution in [0.5, 0.6) is 0 Å². The fraction of sp³-hybridized carbons (Fsp3) is 0.400. The summed E-state index contributed by atoms with van der Waals surface area (Å²) < 4.78 is 8.15. The van der Waals surface area contributed by atoms with Crippen LogP contribution in [0.15, 0.2) is 48.5 Å². The zero-order valence-electron chi connectivity index (χ0n) is 14.7. The molecule has 0 bridgehead atoms. The minimum atomic E-state index is -0.267. The molecule has 0 amide bonds. The Hall–Kier alpha value is -2.20. The van der Waals surface area contributed by atoms with E-state index in [1.807, 2.05) is 22.9 Å². The van der Waals surface area contributed by atoms with Gasteiger partial charge in [0.15, 0.2) is 0 Å². The molecule has 3 aromatic rings. The molecule has 0 unspecified atom stereocenters. The zero-order chi connectivity index (χ0) is 16.9. The Kier molecular flexibility index (Phi) is 3.29. The van der Waals surface area contributed by atoms with Crippen molar-refractivity contribution >= 4 is 11.0 Å². The Labute approximate surface area is 142 Å². The van der Waals surface area contributed by atoms with Crippen molar-refractivity contribution in [3.05, 3.63) is 59.7 Å². The van der Waals surface area contributed by atoms with E-state index in [0.29, 0.717) is 0 Å². The van der Waals surface area contributed by atoms with Gasteiger partial charge in [-0.15, -0.1) is 5.10 Å². The van der Waals surface area contributed by atoms with Crippen molar-refractivity contribution in [3.8, 4) is 0 Å². The van der Waals surface area contributed by atoms with Crippen molar-refractivity contribution < 1.29 is 4.74 Å². The SMILES string of the molecule is Cc1cccc([C@H](n2nnc3ccccc32)[C@@]2(C(C)(C)C)CO2)c1. The summed E-state index contributed by atoms with van der Waals surface area (Å²) in [4.78, 5) is 0. The molecule has 1 aliphatic rings. The summed E-state index contributed by atoms with van der Waals surface area (Å²) in [7, 11) is 0. The van der Waals surface area contributed by atoms with E-state index in [1.165, 1.54) is 11.1 Å². The van der Waals surface area contributed by atoms with Crippen molar-refractivity contribution in [1.29, 1.82) is 0 Å². The van der Waals surface area contributed by atoms with E-state index in [9.17, 15) is 0 Å². The smallest absolute Gasteiger partial charge is 0.123 e. The molecule has 4 rings (SSSR count). The van der Waals surface area contributed by atoms with Gasteiger partial charge in [-0.2, -0.15) is 0 Å². The average molecular weight is 321 g/mol. The van der Waals surface area contributed by atoms with Crippen LogP contribution in [0.2, 0.25) is 0 Å². The molecular formula is C20H23N3O. The fourth-order valence-electron chi connectivity index (χ4n) is 3.60. The third kappa shape index (κ3) is 2.25. The zero-order valence-corrected chi connectivity index (χ0v) is 14.7. The summed E-state index contributed by atoms with van der Waals surface area (Å²) in [6, 6.07) is 16.8. The van der Waals surface area contributed by atoms with E-state index in [2.05, 4.69) is 68.3 Å². The van der Waals surface area contributed by atoms with Crippen LogP contribution in [0.4, 0.5) is 0 Å². The Balaban J connectivity index is 1.95. The summed E-state index contributed by atoms with van der Waals surface area (Å²) in [6.07, 6.45) is 0. The first-order chi connectivity index (χ1) is 11.4. The predicted octanol–water partition coefficient (Wildman–Crippen LogP) is 4.14. The van der Waals surface area contributed by atoms with Crippen LogP contribution in [0.3, 0.4) is 0 Å². The lowest BCUT2D eigenvalue weighted by Gasteiger charge is -2.35. The molecule has 0 saturated carbocycles. The van der Waals surface area contributed by atoms with E-state index in [4.69, 9.17) is 4.74 Å². The number of para-hydroxylation sites is 1. The van der Waals surface area contributed by atoms with Crippen molar-refractivity contribution in [3.63, 3.8) is 0 Å². The van der Waals surface area contributed by atoms with Gasteiger partial charge in [-0.3, -0.25) is 0 Å². The van der Waals surface area contributed by atoms with Crippen LogP contribution >= 0.6 is 0 Å². The van der Waals surface area contributed by atoms with Crippen LogP contribution in [-0.2, 0) is 4.74 Å². The highest BCUT2D eigenvalue weighted by atomic mass is 16.6. The molecule has 124 valence electrons. The van der Waals surface area contributed by atoms with Gasteiger partial charge in [-0.05, 0) is 30.0 Å². The van der Waals surface area contributed by atoms with E-state index in [0.717, 1.165) is 17.6 Å². The molecule has 1 aromatic heterocycles. The Morgan fingerprint density at radius 2 is 1.88 bits per heavy atom. The van der Waals surface area contributed by atoms with Crippen molar-refractivity contribution in [2.75, 3.05) is 6.61 Å². The first-order valence-corrected chi connectivity index (χ1v) is 8.43. The standard InChI is InChI=1S/C20H23N3O/c1-14-8-7-9-15(12-14)18(20(13-24-20)19(2,3)4)23-17-11-6-5-10-16(17)21-22-23/h5-12,18H,13H2,1-4H3/t18-,20+/m0/s1. The minimum Gasteiger partial charge on any atom is -0.366 e. The minimum absolute atomic E-state index is 0.00444. The topological polar surface area (TPSA) is 43.2 Å². The summed E-state index contributed by atoms with van der Waals surface area (Å²) in [5.74, 6) is 0. The molecule has 4 nitrogen and oxygen atoms in total. The van der Waals surface area contributed by atoms with E-state index in [1.54, 1.807) is 0 Å². The maximum absolute atomic E-state index is 6.10. The van der Waals surface area contributed by atoms with Crippen LogP contribution < -0.4 is 0 Å². The van der Waals surface area contributed by atoms with E-state index < -0.39 is 0 Å². The normalized spacial score (nSPS) is 21.8. The average Bonchev–Trinajstić information content (AvgIpc) is 3.24. The van der Waals surface area contributed by atoms with Gasteiger partial charge in [0.2, 0.25) is 0 Å². The monoisotopic (exact) mass is 321 g/mol. The number of aryl methyl sites for hydroxylation is 1. The highest BCUT2D eigenvalue weighted by Gasteiger charge is 2.61. The quantitative estimate of drug-likeness (QED) is 0.681. The fourth-order valence-corrected chi connectivity index (χ4v) is 3.60. The number of hydrogen-bond acceptors (Lipinski definition) is 3. The Bertz CT molecular complexity index is 887. The number of rotatable bonds is 3. The van der Waals surface area contributed by atoms with Gasteiger partial charge in [0, 0.05) is 0 Å². The molecule has 0 aliphatic carbocycles. The highest BCUT2D eigenvalue weighted by Crippen LogP contribution is 2.54. The van der Waals surface area contributed by atoms with Crippen LogP contribution in [0, 0.1) is 12.3 Å². The molecule has 2 atom stereocenters. The van der Waals surface area contributed by atoms with Crippen LogP contribution in [0.1, 0.15) is 37.9 Å². The number of ether oxygens (including phenoxy) is 1. The van der Waals surface area contributed by atoms with Gasteiger partial charge >= 0.3 is 0 Å². The van der Waals surface area contributed by atoms with Gasteiger partial charge in [0.25, 0.3) is 0 Å². The molecule has 2 aromatic carbocycles. The van der Waals surface area contributed by atoms with Crippen molar-refractivity contribution in [1.82, 2.24) is 15.0 Å². The lowest BCUT2D eigenvalue weighted by molar-refractivity contribution is 0.108. The lowest BCUT2D eigenvalue weighted by Crippen LogP contribution is -2.40. The molecule has 2 heterocycles. The van der Waals surface area contributed by atoms with E-state index >= 15 is 0 Å². The van der Waals surface area contributed by atoms with Crippen LogP contribution in [-0.4, -0.2) is 27.2 Å². The number of nitrogens with zero attached hydrogens (tertiary/aromatic N) is 3. The van der Waals surface area contributed by atoms with Crippen LogP contribution in [0.25, 0.3) is 11.0 Å². The van der Waals surface area contributed by atoms with Gasteiger partial charge < -0.3 is 4.74 Å². The number of benzene rings is 2. The molecular weight excluding hydrogens is 298 g/mol. The lowest BCUT2D eigenvalue weighted by atomic mass is 9.74. The van der Waals surface area contributed by atoms with Gasteiger partial charge in [0.1, 0.15) is 17.2 Å². The first-order valence-electron chi connectivity index (χ1n) is 8.43. The summed E-state index contributed by atoms with van der Waals surface area (Å²) in [6.45, 7) is 9.58. The number of hydrogen-bond donors (Lipinski definition) is 0. The predicted molar refractivity (Wildman–Crippen MR) is 95.0 cm³/mol. The maximum Gasteiger partial charge on any atom is 0.123 e. The second-order valence-corrected chi connectivity index (χ2v) is 7.77. The third-order valence-electron chi connectivity index (χ3n) is 5.15. The Morgan fingerprint density at radius 3 is 2.54 bits per heavy atom. The summed E-state index contributed by atoms with van der Waals surface area (Å²) >= 11 is 0. The maximum atomic E-state index is 6.10. The van der Waals surface area contributed by atoms with Crippen molar-refractivity contribution in [2.24, 2.45) is 5.41 Å². The summed E-state index contributed by atoms with van der Waals surface area (Å²) in [5, 5.41) is 8.88. The molecule has 24 heavy (non-hydrogen) atoms. The number of fused-ring (bicyclic) bond motifs is 1. The number of aromatic nitrogens is 3. The molecule has 1 fully saturated rings. The first kappa shape index (κ1) is 15.3. The highest BCUT2D eigenvalue weighted by molar-refractivity contribution is 5.74. The third-order valence-corrected chi connectivity index (χ3v) is 5.15. The largest absolute Gasteiger partial charge is 0.366 e. The molecule has 0 spiro atoms. The number of epoxide rings is 1. The molecule has 1 saturated heterocycles. The van der Waals surface area contributed by atoms with Gasteiger partial charge in [-0.1, -0.05) is 67.9 Å². The second-order valence-electron chi connectivity index (χ2n) is 7.77. The van der Waals surface area contributed by atoms with Crippen molar-refractivity contribution in [2.45, 2.75) is 39.3 Å². The van der Waals surface area contributed by atoms with Gasteiger partial charge in [0.05, 0.1) is 12.1 Å². The molecule has 0 radical (unpaired) electrons. The molecule has 4 heteroatoms. The second kappa shape index (κ2) is 5.15. The Morgan fingerprint density at radius 1 is 1.12 bits per heavy atom. The molecule has 0 N–H and O–H groups in total. The molecule has 1 aliphatic heterocycles. The van der Waals surface area contributed by atoms with Gasteiger partial charge in [-0.25, -0.2) is 4.68 Å². The summed E-state index contributed by atoms with van der Waals surface area (Å²) in [5.41, 5.74) is 4.15.